The summed E-state index contributed by atoms with van der Waals surface area (Å²) in [6, 6.07) is 14.4. The van der Waals surface area contributed by atoms with Crippen LogP contribution < -0.4 is 15.4 Å². The van der Waals surface area contributed by atoms with Crippen molar-refractivity contribution in [1.29, 1.82) is 0 Å². The quantitative estimate of drug-likeness (QED) is 0.767. The first-order valence-electron chi connectivity index (χ1n) is 7.58. The smallest absolute Gasteiger partial charge is 0.319 e. The molecule has 0 aliphatic heterocycles. The van der Waals surface area contributed by atoms with Crippen LogP contribution in [0.5, 0.6) is 5.75 Å². The Labute approximate surface area is 136 Å². The van der Waals surface area contributed by atoms with Gasteiger partial charge in [0, 0.05) is 12.2 Å². The number of carbonyl (C=O) groups excluding carboxylic acids is 1. The van der Waals surface area contributed by atoms with Gasteiger partial charge in [-0.1, -0.05) is 31.2 Å². The topological polar surface area (TPSA) is 70.6 Å². The maximum atomic E-state index is 11.8. The van der Waals surface area contributed by atoms with E-state index in [1.807, 2.05) is 24.3 Å². The largest absolute Gasteiger partial charge is 0.497 e. The number of aliphatic hydroxyl groups excluding tert-OH is 1. The summed E-state index contributed by atoms with van der Waals surface area (Å²) in [6.45, 7) is 2.21. The molecule has 1 unspecified atom stereocenters. The third-order valence-corrected chi connectivity index (χ3v) is 3.58. The zero-order valence-corrected chi connectivity index (χ0v) is 13.4. The van der Waals surface area contributed by atoms with Gasteiger partial charge in [-0.3, -0.25) is 0 Å². The monoisotopic (exact) mass is 314 g/mol. The van der Waals surface area contributed by atoms with Gasteiger partial charge >= 0.3 is 6.03 Å². The minimum absolute atomic E-state index is 0.130. The van der Waals surface area contributed by atoms with Crippen molar-refractivity contribution >= 4 is 11.7 Å². The number of benzene rings is 2. The van der Waals surface area contributed by atoms with Gasteiger partial charge in [0.1, 0.15) is 5.75 Å². The summed E-state index contributed by atoms with van der Waals surface area (Å²) < 4.78 is 5.07. The molecule has 0 saturated carbocycles. The predicted octanol–water partition coefficient (Wildman–Crippen LogP) is 3.11. The fourth-order valence-electron chi connectivity index (χ4n) is 2.13. The maximum Gasteiger partial charge on any atom is 0.319 e. The molecular formula is C18H22N2O3. The molecule has 0 aromatic heterocycles. The number of urea groups is 1. The highest BCUT2D eigenvalue weighted by Gasteiger charge is 2.09. The molecular weight excluding hydrogens is 292 g/mol. The molecule has 0 aliphatic rings. The van der Waals surface area contributed by atoms with Gasteiger partial charge in [0.05, 0.1) is 13.2 Å². The predicted molar refractivity (Wildman–Crippen MR) is 90.8 cm³/mol. The molecule has 1 atom stereocenters. The molecule has 122 valence electrons. The van der Waals surface area contributed by atoms with Gasteiger partial charge in [-0.2, -0.15) is 0 Å². The zero-order chi connectivity index (χ0) is 16.7. The number of ether oxygens (including phenoxy) is 1. The molecule has 0 bridgehead atoms. The summed E-state index contributed by atoms with van der Waals surface area (Å²) in [4.78, 5) is 11.8. The van der Waals surface area contributed by atoms with Crippen molar-refractivity contribution in [2.45, 2.75) is 19.4 Å². The van der Waals surface area contributed by atoms with E-state index in [0.717, 1.165) is 23.4 Å². The molecule has 2 rings (SSSR count). The van der Waals surface area contributed by atoms with Crippen LogP contribution in [0.1, 0.15) is 24.2 Å². The van der Waals surface area contributed by atoms with Crippen molar-refractivity contribution < 1.29 is 14.6 Å². The Kier molecular flexibility index (Phi) is 6.00. The molecule has 2 aromatic rings. The number of hydrogen-bond acceptors (Lipinski definition) is 3. The number of nitrogens with one attached hydrogen (secondary N) is 2. The Morgan fingerprint density at radius 3 is 2.35 bits per heavy atom. The third kappa shape index (κ3) is 5.00. The molecule has 2 amide bonds. The van der Waals surface area contributed by atoms with Gasteiger partial charge < -0.3 is 20.5 Å². The van der Waals surface area contributed by atoms with Crippen LogP contribution in [-0.4, -0.2) is 24.8 Å². The number of carbonyl (C=O) groups is 1. The minimum Gasteiger partial charge on any atom is -0.497 e. The lowest BCUT2D eigenvalue weighted by molar-refractivity contribution is 0.175. The zero-order valence-electron chi connectivity index (χ0n) is 13.4. The summed E-state index contributed by atoms with van der Waals surface area (Å²) in [5.41, 5.74) is 2.66. The van der Waals surface area contributed by atoms with E-state index in [1.165, 1.54) is 5.56 Å². The second-order valence-corrected chi connectivity index (χ2v) is 5.17. The Hall–Kier alpha value is -2.53. The first-order chi connectivity index (χ1) is 11.1. The summed E-state index contributed by atoms with van der Waals surface area (Å²) in [5.74, 6) is 0.724. The summed E-state index contributed by atoms with van der Waals surface area (Å²) >= 11 is 0. The number of amides is 2. The third-order valence-electron chi connectivity index (χ3n) is 3.58. The lowest BCUT2D eigenvalue weighted by atomic mass is 10.1. The SMILES string of the molecule is CCc1ccc(NC(=O)NCC(O)c2ccc(OC)cc2)cc1. The lowest BCUT2D eigenvalue weighted by Gasteiger charge is -2.13. The van der Waals surface area contributed by atoms with Crippen molar-refractivity contribution in [3.8, 4) is 5.75 Å². The molecule has 23 heavy (non-hydrogen) atoms. The first-order valence-corrected chi connectivity index (χ1v) is 7.58. The van der Waals surface area contributed by atoms with Crippen molar-refractivity contribution in [2.24, 2.45) is 0 Å². The molecule has 0 spiro atoms. The second-order valence-electron chi connectivity index (χ2n) is 5.17. The first kappa shape index (κ1) is 16.8. The Morgan fingerprint density at radius 2 is 1.78 bits per heavy atom. The van der Waals surface area contributed by atoms with Gasteiger partial charge in [0.25, 0.3) is 0 Å². The van der Waals surface area contributed by atoms with E-state index in [4.69, 9.17) is 4.74 Å². The van der Waals surface area contributed by atoms with Crippen LogP contribution in [0.2, 0.25) is 0 Å². The molecule has 2 aromatic carbocycles. The van der Waals surface area contributed by atoms with Crippen LogP contribution in [0.15, 0.2) is 48.5 Å². The summed E-state index contributed by atoms with van der Waals surface area (Å²) in [7, 11) is 1.59. The van der Waals surface area contributed by atoms with Crippen LogP contribution in [0, 0.1) is 0 Å². The normalized spacial score (nSPS) is 11.6. The standard InChI is InChI=1S/C18H22N2O3/c1-3-13-4-8-15(9-5-13)20-18(22)19-12-17(21)14-6-10-16(23-2)11-7-14/h4-11,17,21H,3,12H2,1-2H3,(H2,19,20,22). The number of methoxy groups -OCH3 is 1. The van der Waals surface area contributed by atoms with Crippen LogP contribution in [-0.2, 0) is 6.42 Å². The Bertz CT molecular complexity index is 624. The fraction of sp³-hybridized carbons (Fsp3) is 0.278. The van der Waals surface area contributed by atoms with Gasteiger partial charge in [0.15, 0.2) is 0 Å². The van der Waals surface area contributed by atoms with Crippen molar-refractivity contribution in [2.75, 3.05) is 19.0 Å². The molecule has 3 N–H and O–H groups in total. The van der Waals surface area contributed by atoms with E-state index in [9.17, 15) is 9.90 Å². The van der Waals surface area contributed by atoms with Crippen molar-refractivity contribution in [3.63, 3.8) is 0 Å². The van der Waals surface area contributed by atoms with E-state index in [2.05, 4.69) is 17.6 Å². The molecule has 0 radical (unpaired) electrons. The minimum atomic E-state index is -0.769. The molecule has 0 aliphatic carbocycles. The fourth-order valence-corrected chi connectivity index (χ4v) is 2.13. The molecule has 0 saturated heterocycles. The van der Waals surface area contributed by atoms with Crippen molar-refractivity contribution in [3.05, 3.63) is 59.7 Å². The highest BCUT2D eigenvalue weighted by atomic mass is 16.5. The van der Waals surface area contributed by atoms with Crippen molar-refractivity contribution in [1.82, 2.24) is 5.32 Å². The van der Waals surface area contributed by atoms with E-state index in [-0.39, 0.29) is 12.6 Å². The highest BCUT2D eigenvalue weighted by Crippen LogP contribution is 2.17. The second kappa shape index (κ2) is 8.19. The lowest BCUT2D eigenvalue weighted by Crippen LogP contribution is -2.32. The maximum absolute atomic E-state index is 11.8. The average Bonchev–Trinajstić information content (AvgIpc) is 2.60. The van der Waals surface area contributed by atoms with E-state index in [1.54, 1.807) is 31.4 Å². The highest BCUT2D eigenvalue weighted by molar-refractivity contribution is 5.89. The van der Waals surface area contributed by atoms with Gasteiger partial charge in [-0.25, -0.2) is 4.79 Å². The molecule has 5 nitrogen and oxygen atoms in total. The average molecular weight is 314 g/mol. The van der Waals surface area contributed by atoms with Gasteiger partial charge in [-0.05, 0) is 41.8 Å². The summed E-state index contributed by atoms with van der Waals surface area (Å²) in [6.07, 6.45) is 0.190. The number of hydrogen-bond donors (Lipinski definition) is 3. The van der Waals surface area contributed by atoms with Crippen LogP contribution in [0.25, 0.3) is 0 Å². The number of aliphatic hydroxyl groups is 1. The van der Waals surface area contributed by atoms with Gasteiger partial charge in [0.2, 0.25) is 0 Å². The molecule has 0 fully saturated rings. The number of aryl methyl sites for hydroxylation is 1. The molecule has 5 heteroatoms. The van der Waals surface area contributed by atoms with Crippen LogP contribution >= 0.6 is 0 Å². The molecule has 0 heterocycles. The van der Waals surface area contributed by atoms with Crippen LogP contribution in [0.4, 0.5) is 10.5 Å². The van der Waals surface area contributed by atoms with E-state index in [0.29, 0.717) is 0 Å². The van der Waals surface area contributed by atoms with E-state index >= 15 is 0 Å². The van der Waals surface area contributed by atoms with Crippen LogP contribution in [0.3, 0.4) is 0 Å². The number of rotatable bonds is 6. The Morgan fingerprint density at radius 1 is 1.13 bits per heavy atom. The number of anilines is 1. The summed E-state index contributed by atoms with van der Waals surface area (Å²) in [5, 5.41) is 15.5. The van der Waals surface area contributed by atoms with Gasteiger partial charge in [-0.15, -0.1) is 0 Å². The Balaban J connectivity index is 1.82. The van der Waals surface area contributed by atoms with E-state index < -0.39 is 6.10 Å².